The maximum atomic E-state index is 3.71. The Balaban J connectivity index is 3.01. The molecule has 0 unspecified atom stereocenters. The summed E-state index contributed by atoms with van der Waals surface area (Å²) in [6.07, 6.45) is 47.0. The van der Waals surface area contributed by atoms with Crippen molar-refractivity contribution in [1.29, 1.82) is 0 Å². The van der Waals surface area contributed by atoms with Crippen LogP contribution in [0.2, 0.25) is 0 Å². The summed E-state index contributed by atoms with van der Waals surface area (Å²) in [5.74, 6) is 0. The first-order chi connectivity index (χ1) is 16.4. The van der Waals surface area contributed by atoms with E-state index >= 15 is 0 Å². The fraction of sp³-hybridized carbons (Fsp3) is 0.879. The normalized spacial score (nSPS) is 11.5. The van der Waals surface area contributed by atoms with Crippen LogP contribution in [0.15, 0.2) is 24.8 Å². The van der Waals surface area contributed by atoms with Crippen LogP contribution >= 0.6 is 0 Å². The summed E-state index contributed by atoms with van der Waals surface area (Å²) in [4.78, 5) is 0. The van der Waals surface area contributed by atoms with Crippen LogP contribution < -0.4 is 0 Å². The van der Waals surface area contributed by atoms with E-state index in [0.717, 1.165) is 0 Å². The Morgan fingerprint density at radius 1 is 0.364 bits per heavy atom. The van der Waals surface area contributed by atoms with Crippen molar-refractivity contribution in [1.82, 2.24) is 0 Å². The fourth-order valence-corrected chi connectivity index (χ4v) is 4.95. The summed E-state index contributed by atoms with van der Waals surface area (Å²) in [7, 11) is 0. The van der Waals surface area contributed by atoms with Crippen LogP contribution in [0.5, 0.6) is 0 Å². The van der Waals surface area contributed by atoms with E-state index in [0.29, 0.717) is 0 Å². The van der Waals surface area contributed by atoms with Gasteiger partial charge in [-0.1, -0.05) is 199 Å². The van der Waals surface area contributed by atoms with Crippen LogP contribution in [0.4, 0.5) is 0 Å². The van der Waals surface area contributed by atoms with Gasteiger partial charge >= 0.3 is 0 Å². The molecule has 0 heterocycles. The molecule has 0 saturated carbocycles. The van der Waals surface area contributed by atoms with Crippen molar-refractivity contribution < 1.29 is 0 Å². The molecule has 0 atom stereocenters. The van der Waals surface area contributed by atoms with E-state index in [4.69, 9.17) is 0 Å². The molecule has 0 aliphatic carbocycles. The Bertz CT molecular complexity index is 366. The lowest BCUT2D eigenvalue weighted by atomic mass is 10.0. The molecular weight excluding hydrogens is 396 g/mol. The van der Waals surface area contributed by atoms with E-state index in [-0.39, 0.29) is 0 Å². The van der Waals surface area contributed by atoms with Crippen LogP contribution in [0.25, 0.3) is 0 Å². The molecule has 33 heavy (non-hydrogen) atoms. The molecule has 0 radical (unpaired) electrons. The first-order valence-corrected chi connectivity index (χ1v) is 15.7. The molecule has 0 amide bonds. The number of rotatable bonds is 29. The van der Waals surface area contributed by atoms with Crippen molar-refractivity contribution in [2.75, 3.05) is 0 Å². The maximum Gasteiger partial charge on any atom is -0.0348 e. The smallest absolute Gasteiger partial charge is 0.0348 e. The second kappa shape index (κ2) is 31.5. The minimum absolute atomic E-state index is 1.23. The highest BCUT2D eigenvalue weighted by Gasteiger charge is 1.96. The van der Waals surface area contributed by atoms with E-state index < -0.39 is 0 Å². The second-order valence-corrected chi connectivity index (χ2v) is 10.6. The zero-order valence-electron chi connectivity index (χ0n) is 23.2. The molecule has 0 aliphatic heterocycles. The van der Waals surface area contributed by atoms with Crippen molar-refractivity contribution in [3.63, 3.8) is 0 Å². The predicted octanol–water partition coefficient (Wildman–Crippen LogP) is 12.7. The third-order valence-corrected chi connectivity index (χ3v) is 7.25. The van der Waals surface area contributed by atoms with Gasteiger partial charge in [0.25, 0.3) is 0 Å². The van der Waals surface area contributed by atoms with Crippen molar-refractivity contribution in [3.8, 4) is 0 Å². The molecule has 0 fully saturated rings. The van der Waals surface area contributed by atoms with Crippen molar-refractivity contribution in [3.05, 3.63) is 24.8 Å². The first-order valence-electron chi connectivity index (χ1n) is 15.7. The lowest BCUT2D eigenvalue weighted by Crippen LogP contribution is -1.84. The lowest BCUT2D eigenvalue weighted by Gasteiger charge is -2.04. The standard InChI is InChI=1S/C33H64/c1-3-5-7-9-11-13-15-17-19-21-23-25-27-29-31-33-32-30-28-26-24-22-20-18-16-14-12-10-8-6-4-2/h3,5,7H,1,4,6,8-33H2,2H3. The summed E-state index contributed by atoms with van der Waals surface area (Å²) < 4.78 is 0. The van der Waals surface area contributed by atoms with Crippen molar-refractivity contribution in [2.45, 2.75) is 187 Å². The molecule has 0 rings (SSSR count). The Kier molecular flexibility index (Phi) is 31.0. The van der Waals surface area contributed by atoms with Gasteiger partial charge in [0, 0.05) is 0 Å². The Labute approximate surface area is 211 Å². The van der Waals surface area contributed by atoms with Gasteiger partial charge in [-0.3, -0.25) is 0 Å². The summed E-state index contributed by atoms with van der Waals surface area (Å²) in [5, 5.41) is 0. The summed E-state index contributed by atoms with van der Waals surface area (Å²) in [6.45, 7) is 6.01. The number of unbranched alkanes of at least 4 members (excludes halogenated alkanes) is 27. The molecule has 0 saturated heterocycles. The molecule has 0 N–H and O–H groups in total. The highest BCUT2D eigenvalue weighted by atomic mass is 14.0. The van der Waals surface area contributed by atoms with Gasteiger partial charge in [-0.05, 0) is 12.8 Å². The van der Waals surface area contributed by atoms with E-state index in [2.05, 4.69) is 25.7 Å². The summed E-state index contributed by atoms with van der Waals surface area (Å²) >= 11 is 0. The summed E-state index contributed by atoms with van der Waals surface area (Å²) in [6, 6.07) is 0. The topological polar surface area (TPSA) is 0 Å². The quantitative estimate of drug-likeness (QED) is 0.0768. The Hall–Kier alpha value is -0.520. The molecule has 0 bridgehead atoms. The van der Waals surface area contributed by atoms with Gasteiger partial charge in [0.05, 0.1) is 0 Å². The fourth-order valence-electron chi connectivity index (χ4n) is 4.95. The van der Waals surface area contributed by atoms with Crippen molar-refractivity contribution >= 4 is 0 Å². The third-order valence-electron chi connectivity index (χ3n) is 7.25. The monoisotopic (exact) mass is 461 g/mol. The Morgan fingerprint density at radius 2 is 0.606 bits per heavy atom. The van der Waals surface area contributed by atoms with Gasteiger partial charge in [-0.25, -0.2) is 0 Å². The molecule has 0 aromatic carbocycles. The number of allylic oxidation sites excluding steroid dienone is 3. The molecule has 0 spiro atoms. The highest BCUT2D eigenvalue weighted by molar-refractivity contribution is 4.96. The highest BCUT2D eigenvalue weighted by Crippen LogP contribution is 2.16. The second-order valence-electron chi connectivity index (χ2n) is 10.6. The zero-order valence-corrected chi connectivity index (χ0v) is 23.2. The van der Waals surface area contributed by atoms with E-state index in [1.807, 2.05) is 6.08 Å². The van der Waals surface area contributed by atoms with Gasteiger partial charge < -0.3 is 0 Å². The molecule has 0 aromatic heterocycles. The number of hydrogen-bond donors (Lipinski definition) is 0. The molecule has 0 nitrogen and oxygen atoms in total. The SMILES string of the molecule is C=CC=CCCCCCCCCCCCCCCCCCCCCCCCCCCCCC. The van der Waals surface area contributed by atoms with E-state index in [1.54, 1.807) is 0 Å². The van der Waals surface area contributed by atoms with Crippen molar-refractivity contribution in [2.24, 2.45) is 0 Å². The maximum absolute atomic E-state index is 3.71. The first kappa shape index (κ1) is 32.5. The minimum Gasteiger partial charge on any atom is -0.0991 e. The van der Waals surface area contributed by atoms with Crippen LogP contribution in [0, 0.1) is 0 Å². The summed E-state index contributed by atoms with van der Waals surface area (Å²) in [5.41, 5.74) is 0. The molecule has 0 aromatic rings. The lowest BCUT2D eigenvalue weighted by molar-refractivity contribution is 0.515. The molecule has 196 valence electrons. The zero-order chi connectivity index (χ0) is 23.9. The van der Waals surface area contributed by atoms with Gasteiger partial charge in [0.2, 0.25) is 0 Å². The van der Waals surface area contributed by atoms with Gasteiger partial charge in [0.1, 0.15) is 0 Å². The van der Waals surface area contributed by atoms with E-state index in [1.165, 1.54) is 180 Å². The average molecular weight is 461 g/mol. The molecule has 0 aliphatic rings. The Morgan fingerprint density at radius 3 is 0.848 bits per heavy atom. The van der Waals surface area contributed by atoms with Crippen LogP contribution in [-0.2, 0) is 0 Å². The van der Waals surface area contributed by atoms with Crippen LogP contribution in [0.3, 0.4) is 0 Å². The van der Waals surface area contributed by atoms with Gasteiger partial charge in [-0.2, -0.15) is 0 Å². The average Bonchev–Trinajstić information content (AvgIpc) is 2.83. The third kappa shape index (κ3) is 31.5. The molecular formula is C33H64. The van der Waals surface area contributed by atoms with Gasteiger partial charge in [0.15, 0.2) is 0 Å². The molecule has 0 heteroatoms. The predicted molar refractivity (Wildman–Crippen MR) is 154 cm³/mol. The van der Waals surface area contributed by atoms with Crippen LogP contribution in [-0.4, -0.2) is 0 Å². The number of hydrogen-bond acceptors (Lipinski definition) is 0. The van der Waals surface area contributed by atoms with Crippen LogP contribution in [0.1, 0.15) is 187 Å². The largest absolute Gasteiger partial charge is 0.0991 e. The minimum atomic E-state index is 1.23. The van der Waals surface area contributed by atoms with Gasteiger partial charge in [-0.15, -0.1) is 0 Å². The van der Waals surface area contributed by atoms with E-state index in [9.17, 15) is 0 Å².